The van der Waals surface area contributed by atoms with Crippen LogP contribution in [0.1, 0.15) is 26.3 Å². The minimum absolute atomic E-state index is 0.0367. The van der Waals surface area contributed by atoms with Gasteiger partial charge in [0.15, 0.2) is 11.9 Å². The van der Waals surface area contributed by atoms with Crippen LogP contribution >= 0.6 is 0 Å². The normalized spacial score (nSPS) is 12.2. The Morgan fingerprint density at radius 1 is 1.45 bits per heavy atom. The largest absolute Gasteiger partial charge is 0.474 e. The quantitative estimate of drug-likeness (QED) is 0.579. The van der Waals surface area contributed by atoms with Gasteiger partial charge in [-0.2, -0.15) is 0 Å². The molecule has 20 heavy (non-hydrogen) atoms. The molecule has 1 amide bonds. The maximum absolute atomic E-state index is 11.1. The summed E-state index contributed by atoms with van der Waals surface area (Å²) in [5.74, 6) is -0.639. The SMILES string of the molecule is CC(C)NCc1ccc(OC(C)C(N)=O)c([N+](=O)[O-])c1. The van der Waals surface area contributed by atoms with E-state index < -0.39 is 16.9 Å². The summed E-state index contributed by atoms with van der Waals surface area (Å²) in [5.41, 5.74) is 5.67. The lowest BCUT2D eigenvalue weighted by Crippen LogP contribution is -2.30. The van der Waals surface area contributed by atoms with Gasteiger partial charge < -0.3 is 15.8 Å². The summed E-state index contributed by atoms with van der Waals surface area (Å²) in [6, 6.07) is 4.90. The lowest BCUT2D eigenvalue weighted by molar-refractivity contribution is -0.386. The molecule has 0 spiro atoms. The second kappa shape index (κ2) is 6.85. The van der Waals surface area contributed by atoms with E-state index in [9.17, 15) is 14.9 Å². The van der Waals surface area contributed by atoms with Crippen molar-refractivity contribution in [1.29, 1.82) is 0 Å². The smallest absolute Gasteiger partial charge is 0.311 e. The molecular weight excluding hydrogens is 262 g/mol. The van der Waals surface area contributed by atoms with Crippen molar-refractivity contribution in [2.45, 2.75) is 39.5 Å². The van der Waals surface area contributed by atoms with Gasteiger partial charge in [-0.3, -0.25) is 14.9 Å². The van der Waals surface area contributed by atoms with Crippen LogP contribution < -0.4 is 15.8 Å². The van der Waals surface area contributed by atoms with Crippen LogP contribution in [0.25, 0.3) is 0 Å². The first-order valence-electron chi connectivity index (χ1n) is 6.28. The molecule has 7 heteroatoms. The van der Waals surface area contributed by atoms with E-state index >= 15 is 0 Å². The number of benzene rings is 1. The zero-order chi connectivity index (χ0) is 15.3. The van der Waals surface area contributed by atoms with Crippen molar-refractivity contribution in [3.8, 4) is 5.75 Å². The third-order valence-corrected chi connectivity index (χ3v) is 2.64. The van der Waals surface area contributed by atoms with Crippen molar-refractivity contribution in [1.82, 2.24) is 5.32 Å². The number of nitro groups is 1. The van der Waals surface area contributed by atoms with E-state index in [0.29, 0.717) is 6.54 Å². The van der Waals surface area contributed by atoms with Crippen LogP contribution in [0, 0.1) is 10.1 Å². The summed E-state index contributed by atoms with van der Waals surface area (Å²) in [5, 5.41) is 14.2. The Balaban J connectivity index is 2.96. The predicted molar refractivity (Wildman–Crippen MR) is 74.4 cm³/mol. The maximum atomic E-state index is 11.1. The van der Waals surface area contributed by atoms with Crippen molar-refractivity contribution in [3.05, 3.63) is 33.9 Å². The average Bonchev–Trinajstić information content (AvgIpc) is 2.36. The van der Waals surface area contributed by atoms with Gasteiger partial charge in [0, 0.05) is 18.7 Å². The van der Waals surface area contributed by atoms with Crippen LogP contribution in [0.4, 0.5) is 5.69 Å². The fraction of sp³-hybridized carbons (Fsp3) is 0.462. The number of nitrogens with two attached hydrogens (primary N) is 1. The molecule has 0 heterocycles. The van der Waals surface area contributed by atoms with Gasteiger partial charge in [0.1, 0.15) is 0 Å². The molecule has 0 aliphatic heterocycles. The van der Waals surface area contributed by atoms with Gasteiger partial charge in [-0.25, -0.2) is 0 Å². The lowest BCUT2D eigenvalue weighted by Gasteiger charge is -2.13. The summed E-state index contributed by atoms with van der Waals surface area (Å²) in [6.45, 7) is 5.94. The minimum atomic E-state index is -0.923. The zero-order valence-corrected chi connectivity index (χ0v) is 11.8. The van der Waals surface area contributed by atoms with Crippen molar-refractivity contribution in [2.24, 2.45) is 5.73 Å². The minimum Gasteiger partial charge on any atom is -0.474 e. The standard InChI is InChI=1S/C13H19N3O4/c1-8(2)15-7-10-4-5-12(11(6-10)16(18)19)20-9(3)13(14)17/h4-6,8-9,15H,7H2,1-3H3,(H2,14,17). The molecule has 0 saturated carbocycles. The number of hydrogen-bond donors (Lipinski definition) is 2. The lowest BCUT2D eigenvalue weighted by atomic mass is 10.1. The second-order valence-electron chi connectivity index (χ2n) is 4.76. The molecule has 0 aliphatic rings. The third-order valence-electron chi connectivity index (χ3n) is 2.64. The summed E-state index contributed by atoms with van der Waals surface area (Å²) in [7, 11) is 0. The number of ether oxygens (including phenoxy) is 1. The second-order valence-corrected chi connectivity index (χ2v) is 4.76. The van der Waals surface area contributed by atoms with Gasteiger partial charge in [-0.1, -0.05) is 19.9 Å². The Bertz CT molecular complexity index is 502. The highest BCUT2D eigenvalue weighted by Crippen LogP contribution is 2.28. The van der Waals surface area contributed by atoms with Gasteiger partial charge in [0.2, 0.25) is 0 Å². The maximum Gasteiger partial charge on any atom is 0.311 e. The van der Waals surface area contributed by atoms with Gasteiger partial charge in [-0.05, 0) is 18.6 Å². The van der Waals surface area contributed by atoms with E-state index in [2.05, 4.69) is 5.32 Å². The average molecular weight is 281 g/mol. The first-order chi connectivity index (χ1) is 9.31. The van der Waals surface area contributed by atoms with E-state index in [1.807, 2.05) is 13.8 Å². The number of amides is 1. The highest BCUT2D eigenvalue weighted by Gasteiger charge is 2.20. The molecule has 7 nitrogen and oxygen atoms in total. The van der Waals surface area contributed by atoms with E-state index in [-0.39, 0.29) is 17.5 Å². The molecular formula is C13H19N3O4. The molecule has 3 N–H and O–H groups in total. The Morgan fingerprint density at radius 2 is 2.10 bits per heavy atom. The molecule has 0 bridgehead atoms. The molecule has 110 valence electrons. The molecule has 1 aromatic carbocycles. The zero-order valence-electron chi connectivity index (χ0n) is 11.8. The van der Waals surface area contributed by atoms with Crippen LogP contribution in [-0.2, 0) is 11.3 Å². The first kappa shape index (κ1) is 15.9. The number of nitrogens with zero attached hydrogens (tertiary/aromatic N) is 1. The highest BCUT2D eigenvalue weighted by molar-refractivity contribution is 5.78. The van der Waals surface area contributed by atoms with Gasteiger partial charge in [0.05, 0.1) is 4.92 Å². The molecule has 1 aromatic rings. The number of hydrogen-bond acceptors (Lipinski definition) is 5. The molecule has 0 aliphatic carbocycles. The molecule has 0 saturated heterocycles. The van der Waals surface area contributed by atoms with Gasteiger partial charge in [-0.15, -0.1) is 0 Å². The summed E-state index contributed by atoms with van der Waals surface area (Å²) >= 11 is 0. The van der Waals surface area contributed by atoms with Crippen molar-refractivity contribution in [2.75, 3.05) is 0 Å². The number of nitrogens with one attached hydrogen (secondary N) is 1. The number of carbonyl (C=O) groups excluding carboxylic acids is 1. The third kappa shape index (κ3) is 4.51. The molecule has 0 fully saturated rings. The van der Waals surface area contributed by atoms with Gasteiger partial charge >= 0.3 is 5.69 Å². The number of carbonyl (C=O) groups is 1. The predicted octanol–water partition coefficient (Wildman–Crippen LogP) is 1.35. The van der Waals surface area contributed by atoms with Crippen molar-refractivity contribution < 1.29 is 14.5 Å². The van der Waals surface area contributed by atoms with Crippen LogP contribution in [-0.4, -0.2) is 23.0 Å². The summed E-state index contributed by atoms with van der Waals surface area (Å²) in [6.07, 6.45) is -0.923. The molecule has 0 radical (unpaired) electrons. The first-order valence-corrected chi connectivity index (χ1v) is 6.28. The van der Waals surface area contributed by atoms with E-state index in [1.165, 1.54) is 19.1 Å². The van der Waals surface area contributed by atoms with E-state index in [4.69, 9.17) is 10.5 Å². The van der Waals surface area contributed by atoms with Crippen LogP contribution in [0.2, 0.25) is 0 Å². The Morgan fingerprint density at radius 3 is 2.60 bits per heavy atom. The van der Waals surface area contributed by atoms with E-state index in [1.54, 1.807) is 6.07 Å². The topological polar surface area (TPSA) is 107 Å². The fourth-order valence-electron chi connectivity index (χ4n) is 1.49. The van der Waals surface area contributed by atoms with Crippen molar-refractivity contribution >= 4 is 11.6 Å². The number of nitro benzene ring substituents is 1. The molecule has 1 atom stereocenters. The molecule has 1 rings (SSSR count). The Kier molecular flexibility index (Phi) is 5.45. The number of primary amides is 1. The molecule has 0 aromatic heterocycles. The number of rotatable bonds is 7. The fourth-order valence-corrected chi connectivity index (χ4v) is 1.49. The van der Waals surface area contributed by atoms with Gasteiger partial charge in [0.25, 0.3) is 5.91 Å². The summed E-state index contributed by atoms with van der Waals surface area (Å²) < 4.78 is 5.21. The van der Waals surface area contributed by atoms with Crippen LogP contribution in [0.15, 0.2) is 18.2 Å². The van der Waals surface area contributed by atoms with E-state index in [0.717, 1.165) is 5.56 Å². The van der Waals surface area contributed by atoms with Crippen LogP contribution in [0.5, 0.6) is 5.75 Å². The Hall–Kier alpha value is -2.15. The highest BCUT2D eigenvalue weighted by atomic mass is 16.6. The summed E-state index contributed by atoms with van der Waals surface area (Å²) in [4.78, 5) is 21.5. The Labute approximate surface area is 117 Å². The molecule has 1 unspecified atom stereocenters. The van der Waals surface area contributed by atoms with Crippen molar-refractivity contribution in [3.63, 3.8) is 0 Å². The monoisotopic (exact) mass is 281 g/mol. The van der Waals surface area contributed by atoms with Crippen LogP contribution in [0.3, 0.4) is 0 Å².